The number of nitrogens with one attached hydrogen (secondary N) is 1. The Labute approximate surface area is 346 Å². The molecule has 0 heterocycles. The molecular weight excluding hydrogens is 695 g/mol. The molecule has 3 N–H and O–H groups in total. The van der Waals surface area contributed by atoms with Crippen molar-refractivity contribution < 1.29 is 24.5 Å². The first-order valence-electron chi connectivity index (χ1n) is 23.9. The predicted octanol–water partition coefficient (Wildman–Crippen LogP) is 13.9. The van der Waals surface area contributed by atoms with Gasteiger partial charge in [0.2, 0.25) is 5.91 Å². The Morgan fingerprint density at radius 2 is 0.911 bits per heavy atom. The highest BCUT2D eigenvalue weighted by atomic mass is 16.5. The molecule has 0 aliphatic rings. The number of hydrogen-bond acceptors (Lipinski definition) is 5. The third-order valence-corrected chi connectivity index (χ3v) is 10.6. The summed E-state index contributed by atoms with van der Waals surface area (Å²) in [5.41, 5.74) is 0. The predicted molar refractivity (Wildman–Crippen MR) is 241 cm³/mol. The summed E-state index contributed by atoms with van der Waals surface area (Å²) >= 11 is 0. The van der Waals surface area contributed by atoms with Crippen molar-refractivity contribution >= 4 is 11.9 Å². The maximum absolute atomic E-state index is 12.3. The molecule has 0 radical (unpaired) electrons. The first-order chi connectivity index (χ1) is 27.5. The van der Waals surface area contributed by atoms with Gasteiger partial charge in [0.15, 0.2) is 0 Å². The largest absolute Gasteiger partial charge is 0.466 e. The van der Waals surface area contributed by atoms with Gasteiger partial charge in [-0.3, -0.25) is 9.59 Å². The Balaban J connectivity index is 3.50. The van der Waals surface area contributed by atoms with Crippen LogP contribution in [0.3, 0.4) is 0 Å². The number of ether oxygens (including phenoxy) is 1. The summed E-state index contributed by atoms with van der Waals surface area (Å²) in [5.74, 6) is -0.110. The third-order valence-electron chi connectivity index (χ3n) is 10.6. The van der Waals surface area contributed by atoms with Gasteiger partial charge < -0.3 is 20.3 Å². The van der Waals surface area contributed by atoms with Gasteiger partial charge in [0.1, 0.15) is 0 Å². The molecule has 0 rings (SSSR count). The first kappa shape index (κ1) is 53.8. The van der Waals surface area contributed by atoms with Crippen LogP contribution in [-0.2, 0) is 14.3 Å². The van der Waals surface area contributed by atoms with Crippen LogP contribution in [0.4, 0.5) is 0 Å². The minimum Gasteiger partial charge on any atom is -0.466 e. The Morgan fingerprint density at radius 3 is 1.43 bits per heavy atom. The molecule has 1 amide bonds. The first-order valence-corrected chi connectivity index (χ1v) is 23.9. The zero-order valence-corrected chi connectivity index (χ0v) is 36.8. The standard InChI is InChI=1S/C50H91NO5/c1-3-5-7-9-11-13-14-15-21-24-28-32-36-40-44-50(55)56-45-41-37-33-29-25-22-19-17-16-18-20-23-27-31-35-39-43-49(54)51-47(46-52)48(53)42-38-34-30-26-12-10-8-6-4-2/h9,11,14-16,18,38,42,47-48,52-53H,3-8,10,12-13,17,19-37,39-41,43-46H2,1-2H3,(H,51,54)/b11-9-,15-14-,18-16-,42-38+. The molecule has 6 nitrogen and oxygen atoms in total. The molecule has 0 aromatic carbocycles. The van der Waals surface area contributed by atoms with Crippen LogP contribution in [0.15, 0.2) is 48.6 Å². The Kier molecular flexibility index (Phi) is 43.7. The number of aliphatic hydroxyl groups is 2. The molecule has 56 heavy (non-hydrogen) atoms. The van der Waals surface area contributed by atoms with Gasteiger partial charge in [-0.25, -0.2) is 0 Å². The molecule has 0 bridgehead atoms. The summed E-state index contributed by atoms with van der Waals surface area (Å²) < 4.78 is 5.44. The fourth-order valence-corrected chi connectivity index (χ4v) is 6.82. The van der Waals surface area contributed by atoms with Gasteiger partial charge in [-0.1, -0.05) is 184 Å². The van der Waals surface area contributed by atoms with Crippen LogP contribution in [0, 0.1) is 0 Å². The summed E-state index contributed by atoms with van der Waals surface area (Å²) in [5, 5.41) is 22.9. The van der Waals surface area contributed by atoms with Gasteiger partial charge in [-0.15, -0.1) is 0 Å². The minimum absolute atomic E-state index is 0.0201. The minimum atomic E-state index is -0.853. The third kappa shape index (κ3) is 41.5. The maximum atomic E-state index is 12.3. The second-order valence-electron chi connectivity index (χ2n) is 16.1. The van der Waals surface area contributed by atoms with Gasteiger partial charge >= 0.3 is 5.97 Å². The van der Waals surface area contributed by atoms with Gasteiger partial charge in [-0.05, 0) is 83.5 Å². The average molecular weight is 786 g/mol. The van der Waals surface area contributed by atoms with Gasteiger partial charge in [-0.2, -0.15) is 0 Å². The highest BCUT2D eigenvalue weighted by Crippen LogP contribution is 2.13. The quantitative estimate of drug-likeness (QED) is 0.0325. The molecule has 6 heteroatoms. The Morgan fingerprint density at radius 1 is 0.500 bits per heavy atom. The lowest BCUT2D eigenvalue weighted by atomic mass is 10.1. The average Bonchev–Trinajstić information content (AvgIpc) is 3.20. The SMILES string of the molecule is CCCC/C=C\C/C=C\CCCCCCCC(=O)OCCCCCCCCC/C=C\CCCCCCCC(=O)NC(CO)C(O)/C=C/CCCCCCCCC. The number of hydrogen-bond donors (Lipinski definition) is 3. The van der Waals surface area contributed by atoms with Crippen molar-refractivity contribution in [2.24, 2.45) is 0 Å². The number of aliphatic hydroxyl groups excluding tert-OH is 2. The second kappa shape index (κ2) is 45.5. The van der Waals surface area contributed by atoms with E-state index in [1.165, 1.54) is 128 Å². The van der Waals surface area contributed by atoms with E-state index in [2.05, 4.69) is 55.6 Å². The molecular formula is C50H91NO5. The Hall–Kier alpha value is -2.18. The highest BCUT2D eigenvalue weighted by Gasteiger charge is 2.18. The molecule has 0 saturated heterocycles. The number of rotatable bonds is 43. The second-order valence-corrected chi connectivity index (χ2v) is 16.1. The summed E-state index contributed by atoms with van der Waals surface area (Å²) in [4.78, 5) is 24.3. The van der Waals surface area contributed by atoms with E-state index < -0.39 is 12.1 Å². The van der Waals surface area contributed by atoms with Crippen LogP contribution in [0.2, 0.25) is 0 Å². The van der Waals surface area contributed by atoms with Crippen LogP contribution in [-0.4, -0.2) is 47.4 Å². The van der Waals surface area contributed by atoms with Gasteiger partial charge in [0.25, 0.3) is 0 Å². The van der Waals surface area contributed by atoms with E-state index in [1.54, 1.807) is 6.08 Å². The molecule has 0 spiro atoms. The molecule has 2 unspecified atom stereocenters. The topological polar surface area (TPSA) is 95.9 Å². The van der Waals surface area contributed by atoms with Crippen molar-refractivity contribution in [3.05, 3.63) is 48.6 Å². The maximum Gasteiger partial charge on any atom is 0.305 e. The van der Waals surface area contributed by atoms with Gasteiger partial charge in [0, 0.05) is 12.8 Å². The molecule has 326 valence electrons. The summed E-state index contributed by atoms with van der Waals surface area (Å²) in [6, 6.07) is -0.639. The van der Waals surface area contributed by atoms with E-state index in [-0.39, 0.29) is 18.5 Å². The van der Waals surface area contributed by atoms with Crippen LogP contribution < -0.4 is 5.32 Å². The fourth-order valence-electron chi connectivity index (χ4n) is 6.82. The van der Waals surface area contributed by atoms with Crippen LogP contribution in [0.25, 0.3) is 0 Å². The number of carbonyl (C=O) groups excluding carboxylic acids is 2. The van der Waals surface area contributed by atoms with Crippen molar-refractivity contribution in [3.8, 4) is 0 Å². The number of unbranched alkanes of at least 4 members (excludes halogenated alkanes) is 26. The Bertz CT molecular complexity index is 957. The molecule has 2 atom stereocenters. The number of allylic oxidation sites excluding steroid dienone is 7. The lowest BCUT2D eigenvalue weighted by Gasteiger charge is -2.20. The smallest absolute Gasteiger partial charge is 0.305 e. The number of amides is 1. The zero-order chi connectivity index (χ0) is 40.8. The molecule has 0 fully saturated rings. The van der Waals surface area contributed by atoms with Crippen molar-refractivity contribution in [1.82, 2.24) is 5.32 Å². The van der Waals surface area contributed by atoms with Crippen LogP contribution in [0.5, 0.6) is 0 Å². The van der Waals surface area contributed by atoms with Gasteiger partial charge in [0.05, 0.1) is 25.4 Å². The van der Waals surface area contributed by atoms with Crippen molar-refractivity contribution in [2.75, 3.05) is 13.2 Å². The van der Waals surface area contributed by atoms with E-state index in [9.17, 15) is 19.8 Å². The van der Waals surface area contributed by atoms with E-state index in [0.717, 1.165) is 77.0 Å². The van der Waals surface area contributed by atoms with E-state index in [4.69, 9.17) is 4.74 Å². The molecule has 0 aromatic heterocycles. The van der Waals surface area contributed by atoms with E-state index in [0.29, 0.717) is 19.4 Å². The van der Waals surface area contributed by atoms with Crippen LogP contribution >= 0.6 is 0 Å². The van der Waals surface area contributed by atoms with Crippen LogP contribution in [0.1, 0.15) is 232 Å². The molecule has 0 aromatic rings. The summed E-state index contributed by atoms with van der Waals surface area (Å²) in [6.45, 7) is 4.78. The lowest BCUT2D eigenvalue weighted by Crippen LogP contribution is -2.45. The molecule has 0 saturated carbocycles. The molecule has 0 aliphatic carbocycles. The highest BCUT2D eigenvalue weighted by molar-refractivity contribution is 5.76. The number of esters is 1. The lowest BCUT2D eigenvalue weighted by molar-refractivity contribution is -0.143. The fraction of sp³-hybridized carbons (Fsp3) is 0.800. The summed E-state index contributed by atoms with van der Waals surface area (Å²) in [7, 11) is 0. The van der Waals surface area contributed by atoms with Crippen molar-refractivity contribution in [3.63, 3.8) is 0 Å². The van der Waals surface area contributed by atoms with Crippen molar-refractivity contribution in [1.29, 1.82) is 0 Å². The number of carbonyl (C=O) groups is 2. The van der Waals surface area contributed by atoms with E-state index >= 15 is 0 Å². The zero-order valence-electron chi connectivity index (χ0n) is 36.8. The van der Waals surface area contributed by atoms with E-state index in [1.807, 2.05) is 6.08 Å². The monoisotopic (exact) mass is 786 g/mol. The molecule has 0 aliphatic heterocycles. The summed E-state index contributed by atoms with van der Waals surface area (Å²) in [6.07, 6.45) is 55.3. The van der Waals surface area contributed by atoms with Crippen molar-refractivity contribution in [2.45, 2.75) is 244 Å². The normalized spacial score (nSPS) is 13.1.